The van der Waals surface area contributed by atoms with E-state index in [9.17, 15) is 4.79 Å². The molecule has 5 heteroatoms. The van der Waals surface area contributed by atoms with Gasteiger partial charge >= 0.3 is 0 Å². The standard InChI is InChI=1S/C20H20N2O2S/c1-12-13(2)24-19-14(12)7-6-8-15(19)20(23)22(3)11-18-21-16-9-4-5-10-17(16)25-18/h4-10,12-13H,11H2,1-3H3/t12-,13-/m1/s1. The minimum absolute atomic E-state index is 0.0302. The molecule has 0 aliphatic carbocycles. The molecule has 3 aromatic rings. The van der Waals surface area contributed by atoms with Crippen molar-refractivity contribution >= 4 is 27.5 Å². The van der Waals surface area contributed by atoms with Crippen molar-refractivity contribution < 1.29 is 9.53 Å². The number of nitrogens with zero attached hydrogens (tertiary/aromatic N) is 2. The molecule has 2 aromatic carbocycles. The molecule has 0 N–H and O–H groups in total. The molecule has 0 fully saturated rings. The number of para-hydroxylation sites is 2. The molecule has 128 valence electrons. The molecule has 4 nitrogen and oxygen atoms in total. The SMILES string of the molecule is C[C@H]1Oc2c(C(=O)N(C)Cc3nc4ccccc4s3)cccc2[C@@H]1C. The maximum Gasteiger partial charge on any atom is 0.257 e. The van der Waals surface area contributed by atoms with Crippen LogP contribution >= 0.6 is 11.3 Å². The van der Waals surface area contributed by atoms with Gasteiger partial charge in [-0.1, -0.05) is 31.2 Å². The molecule has 1 aliphatic heterocycles. The minimum atomic E-state index is -0.0302. The largest absolute Gasteiger partial charge is 0.489 e. The van der Waals surface area contributed by atoms with E-state index in [1.54, 1.807) is 16.2 Å². The van der Waals surface area contributed by atoms with E-state index < -0.39 is 0 Å². The first-order valence-corrected chi connectivity index (χ1v) is 9.25. The second-order valence-corrected chi connectivity index (χ2v) is 7.69. The topological polar surface area (TPSA) is 42.4 Å². The summed E-state index contributed by atoms with van der Waals surface area (Å²) in [5, 5.41) is 0.937. The highest BCUT2D eigenvalue weighted by Crippen LogP contribution is 2.40. The molecule has 4 rings (SSSR count). The van der Waals surface area contributed by atoms with Crippen molar-refractivity contribution in [2.24, 2.45) is 0 Å². The Bertz CT molecular complexity index is 917. The summed E-state index contributed by atoms with van der Waals surface area (Å²) in [5.41, 5.74) is 2.74. The summed E-state index contributed by atoms with van der Waals surface area (Å²) in [4.78, 5) is 19.3. The molecular weight excluding hydrogens is 332 g/mol. The van der Waals surface area contributed by atoms with E-state index in [-0.39, 0.29) is 12.0 Å². The molecule has 2 heterocycles. The second-order valence-electron chi connectivity index (χ2n) is 6.57. The van der Waals surface area contributed by atoms with Crippen molar-refractivity contribution in [2.75, 3.05) is 7.05 Å². The number of aromatic nitrogens is 1. The fourth-order valence-electron chi connectivity index (χ4n) is 3.22. The van der Waals surface area contributed by atoms with Crippen molar-refractivity contribution in [3.05, 3.63) is 58.6 Å². The summed E-state index contributed by atoms with van der Waals surface area (Å²) in [6, 6.07) is 13.9. The summed E-state index contributed by atoms with van der Waals surface area (Å²) < 4.78 is 7.10. The highest BCUT2D eigenvalue weighted by Gasteiger charge is 2.31. The molecule has 1 amide bonds. The lowest BCUT2D eigenvalue weighted by Crippen LogP contribution is -2.26. The Morgan fingerprint density at radius 1 is 1.20 bits per heavy atom. The number of rotatable bonds is 3. The number of carbonyl (C=O) groups is 1. The summed E-state index contributed by atoms with van der Waals surface area (Å²) in [7, 11) is 1.82. The fourth-order valence-corrected chi connectivity index (χ4v) is 4.24. The lowest BCUT2D eigenvalue weighted by atomic mass is 9.96. The maximum atomic E-state index is 13.0. The van der Waals surface area contributed by atoms with E-state index in [2.05, 4.69) is 18.0 Å². The van der Waals surface area contributed by atoms with Gasteiger partial charge in [0.1, 0.15) is 16.9 Å². The number of amides is 1. The Morgan fingerprint density at radius 2 is 2.00 bits per heavy atom. The van der Waals surface area contributed by atoms with Gasteiger partial charge in [-0.05, 0) is 25.1 Å². The van der Waals surface area contributed by atoms with Crippen LogP contribution in [0.4, 0.5) is 0 Å². The van der Waals surface area contributed by atoms with Crippen LogP contribution in [0.25, 0.3) is 10.2 Å². The van der Waals surface area contributed by atoms with Gasteiger partial charge in [-0.2, -0.15) is 0 Å². The Hall–Kier alpha value is -2.40. The zero-order valence-corrected chi connectivity index (χ0v) is 15.3. The monoisotopic (exact) mass is 352 g/mol. The first-order valence-electron chi connectivity index (χ1n) is 8.44. The van der Waals surface area contributed by atoms with Gasteiger partial charge in [0.25, 0.3) is 5.91 Å². The third-order valence-corrected chi connectivity index (χ3v) is 5.85. The second kappa shape index (κ2) is 6.15. The van der Waals surface area contributed by atoms with Crippen LogP contribution in [-0.4, -0.2) is 28.9 Å². The fraction of sp³-hybridized carbons (Fsp3) is 0.300. The zero-order chi connectivity index (χ0) is 17.6. The predicted molar refractivity (Wildman–Crippen MR) is 100 cm³/mol. The quantitative estimate of drug-likeness (QED) is 0.699. The molecule has 0 bridgehead atoms. The molecule has 0 saturated carbocycles. The Labute approximate surface area is 151 Å². The summed E-state index contributed by atoms with van der Waals surface area (Å²) in [6.45, 7) is 4.67. The van der Waals surface area contributed by atoms with Crippen LogP contribution in [0.15, 0.2) is 42.5 Å². The van der Waals surface area contributed by atoms with Gasteiger partial charge in [0.15, 0.2) is 0 Å². The molecular formula is C20H20N2O2S. The van der Waals surface area contributed by atoms with Gasteiger partial charge in [-0.3, -0.25) is 4.79 Å². The smallest absolute Gasteiger partial charge is 0.257 e. The Balaban J connectivity index is 1.59. The molecule has 0 spiro atoms. The van der Waals surface area contributed by atoms with Crippen molar-refractivity contribution in [1.29, 1.82) is 0 Å². The number of fused-ring (bicyclic) bond motifs is 2. The summed E-state index contributed by atoms with van der Waals surface area (Å²) in [6.07, 6.45) is 0.0958. The van der Waals surface area contributed by atoms with E-state index in [1.807, 2.05) is 50.4 Å². The molecule has 2 atom stereocenters. The highest BCUT2D eigenvalue weighted by atomic mass is 32.1. The lowest BCUT2D eigenvalue weighted by Gasteiger charge is -2.17. The van der Waals surface area contributed by atoms with Gasteiger partial charge in [-0.15, -0.1) is 11.3 Å². The van der Waals surface area contributed by atoms with Crippen molar-refractivity contribution in [3.63, 3.8) is 0 Å². The van der Waals surface area contributed by atoms with Gasteiger partial charge in [-0.25, -0.2) is 4.98 Å². The van der Waals surface area contributed by atoms with Crippen molar-refractivity contribution in [2.45, 2.75) is 32.4 Å². The van der Waals surface area contributed by atoms with Gasteiger partial charge < -0.3 is 9.64 Å². The molecule has 0 unspecified atom stereocenters. The first kappa shape index (κ1) is 16.1. The summed E-state index contributed by atoms with van der Waals surface area (Å²) >= 11 is 1.63. The predicted octanol–water partition coefficient (Wildman–Crippen LogP) is 4.45. The van der Waals surface area contributed by atoms with Crippen LogP contribution in [0.1, 0.15) is 40.7 Å². The Morgan fingerprint density at radius 3 is 2.80 bits per heavy atom. The van der Waals surface area contributed by atoms with Gasteiger partial charge in [0.2, 0.25) is 0 Å². The zero-order valence-electron chi connectivity index (χ0n) is 14.5. The minimum Gasteiger partial charge on any atom is -0.489 e. The van der Waals surface area contributed by atoms with Gasteiger partial charge in [0.05, 0.1) is 22.3 Å². The lowest BCUT2D eigenvalue weighted by molar-refractivity contribution is 0.0779. The molecule has 1 aliphatic rings. The van der Waals surface area contributed by atoms with E-state index in [0.29, 0.717) is 18.0 Å². The Kier molecular flexibility index (Phi) is 3.96. The summed E-state index contributed by atoms with van der Waals surface area (Å²) in [5.74, 6) is 1.01. The van der Waals surface area contributed by atoms with E-state index in [0.717, 1.165) is 26.5 Å². The van der Waals surface area contributed by atoms with Crippen LogP contribution < -0.4 is 4.74 Å². The van der Waals surface area contributed by atoms with E-state index in [4.69, 9.17) is 4.74 Å². The first-order chi connectivity index (χ1) is 12.0. The van der Waals surface area contributed by atoms with Crippen molar-refractivity contribution in [1.82, 2.24) is 9.88 Å². The third kappa shape index (κ3) is 2.78. The van der Waals surface area contributed by atoms with Crippen LogP contribution in [0.2, 0.25) is 0 Å². The highest BCUT2D eigenvalue weighted by molar-refractivity contribution is 7.18. The maximum absolute atomic E-state index is 13.0. The van der Waals surface area contributed by atoms with Crippen LogP contribution in [0, 0.1) is 0 Å². The third-order valence-electron chi connectivity index (χ3n) is 4.83. The van der Waals surface area contributed by atoms with Crippen LogP contribution in [-0.2, 0) is 6.54 Å². The molecule has 0 radical (unpaired) electrons. The number of hydrogen-bond acceptors (Lipinski definition) is 4. The van der Waals surface area contributed by atoms with Crippen LogP contribution in [0.5, 0.6) is 5.75 Å². The molecule has 0 saturated heterocycles. The van der Waals surface area contributed by atoms with Crippen LogP contribution in [0.3, 0.4) is 0 Å². The normalized spacial score (nSPS) is 18.8. The van der Waals surface area contributed by atoms with Crippen molar-refractivity contribution in [3.8, 4) is 5.75 Å². The average molecular weight is 352 g/mol. The van der Waals surface area contributed by atoms with E-state index >= 15 is 0 Å². The number of thiazole rings is 1. The number of carbonyl (C=O) groups excluding carboxylic acids is 1. The number of hydrogen-bond donors (Lipinski definition) is 0. The van der Waals surface area contributed by atoms with Gasteiger partial charge in [0, 0.05) is 18.5 Å². The molecule has 25 heavy (non-hydrogen) atoms. The number of ether oxygens (including phenoxy) is 1. The van der Waals surface area contributed by atoms with E-state index in [1.165, 1.54) is 0 Å². The average Bonchev–Trinajstić information content (AvgIpc) is 3.14. The molecule has 1 aromatic heterocycles. The number of benzene rings is 2.